The van der Waals surface area contributed by atoms with Gasteiger partial charge in [-0.05, 0) is 38.0 Å². The Bertz CT molecular complexity index is 946. The van der Waals surface area contributed by atoms with Crippen molar-refractivity contribution in [2.75, 3.05) is 19.0 Å². The Kier molecular flexibility index (Phi) is 4.72. The van der Waals surface area contributed by atoms with Crippen LogP contribution < -0.4 is 10.2 Å². The first kappa shape index (κ1) is 17.4. The lowest BCUT2D eigenvalue weighted by atomic mass is 10.0. The summed E-state index contributed by atoms with van der Waals surface area (Å²) in [5, 5.41) is 6.77. The summed E-state index contributed by atoms with van der Waals surface area (Å²) in [5.41, 5.74) is 5.56. The van der Waals surface area contributed by atoms with E-state index in [2.05, 4.69) is 22.2 Å². The van der Waals surface area contributed by atoms with Crippen molar-refractivity contribution in [3.8, 4) is 0 Å². The highest BCUT2D eigenvalue weighted by molar-refractivity contribution is 7.13. The van der Waals surface area contributed by atoms with Crippen LogP contribution >= 0.6 is 11.3 Å². The van der Waals surface area contributed by atoms with Crippen molar-refractivity contribution in [1.82, 2.24) is 15.3 Å². The van der Waals surface area contributed by atoms with E-state index >= 15 is 0 Å². The SMILES string of the molecule is Cc1cc(C(=O)NCc2csc(N(C)C)n2)c2ccc(C)c(C)c2n1. The van der Waals surface area contributed by atoms with Gasteiger partial charge in [-0.25, -0.2) is 4.98 Å². The molecule has 2 heterocycles. The minimum Gasteiger partial charge on any atom is -0.354 e. The van der Waals surface area contributed by atoms with E-state index in [4.69, 9.17) is 0 Å². The molecule has 0 fully saturated rings. The Morgan fingerprint density at radius 3 is 2.64 bits per heavy atom. The zero-order chi connectivity index (χ0) is 18.1. The van der Waals surface area contributed by atoms with Gasteiger partial charge in [0.15, 0.2) is 5.13 Å². The third kappa shape index (κ3) is 3.49. The summed E-state index contributed by atoms with van der Waals surface area (Å²) in [6.45, 7) is 6.44. The molecule has 1 N–H and O–H groups in total. The van der Waals surface area contributed by atoms with Crippen LogP contribution in [0.25, 0.3) is 10.9 Å². The summed E-state index contributed by atoms with van der Waals surface area (Å²) < 4.78 is 0. The molecule has 2 aromatic heterocycles. The second-order valence-electron chi connectivity index (χ2n) is 6.41. The van der Waals surface area contributed by atoms with E-state index in [9.17, 15) is 4.79 Å². The number of anilines is 1. The van der Waals surface area contributed by atoms with Crippen LogP contribution in [0.1, 0.15) is 32.9 Å². The van der Waals surface area contributed by atoms with Gasteiger partial charge in [-0.2, -0.15) is 0 Å². The smallest absolute Gasteiger partial charge is 0.252 e. The molecule has 6 heteroatoms. The number of aryl methyl sites for hydroxylation is 3. The van der Waals surface area contributed by atoms with Crippen LogP contribution in [0.3, 0.4) is 0 Å². The molecule has 0 bridgehead atoms. The molecule has 0 spiro atoms. The van der Waals surface area contributed by atoms with E-state index in [-0.39, 0.29) is 5.91 Å². The average molecular weight is 354 g/mol. The summed E-state index contributed by atoms with van der Waals surface area (Å²) in [6, 6.07) is 5.86. The average Bonchev–Trinajstić information content (AvgIpc) is 3.05. The van der Waals surface area contributed by atoms with Crippen molar-refractivity contribution in [2.45, 2.75) is 27.3 Å². The molecule has 0 radical (unpaired) electrons. The quantitative estimate of drug-likeness (QED) is 0.777. The fraction of sp³-hybridized carbons (Fsp3) is 0.316. The van der Waals surface area contributed by atoms with Crippen LogP contribution in [-0.4, -0.2) is 30.0 Å². The molecule has 0 aliphatic heterocycles. The highest BCUT2D eigenvalue weighted by Crippen LogP contribution is 2.24. The van der Waals surface area contributed by atoms with Crippen LogP contribution in [0, 0.1) is 20.8 Å². The molecule has 25 heavy (non-hydrogen) atoms. The lowest BCUT2D eigenvalue weighted by molar-refractivity contribution is 0.0952. The fourth-order valence-corrected chi connectivity index (χ4v) is 3.45. The number of aromatic nitrogens is 2. The van der Waals surface area contributed by atoms with E-state index in [0.29, 0.717) is 12.1 Å². The molecule has 0 atom stereocenters. The predicted octanol–water partition coefficient (Wildman–Crippen LogP) is 3.61. The van der Waals surface area contributed by atoms with Crippen molar-refractivity contribution in [1.29, 1.82) is 0 Å². The number of benzene rings is 1. The van der Waals surface area contributed by atoms with Gasteiger partial charge in [0, 0.05) is 30.6 Å². The third-order valence-corrected chi connectivity index (χ3v) is 5.29. The van der Waals surface area contributed by atoms with E-state index in [1.807, 2.05) is 56.4 Å². The summed E-state index contributed by atoms with van der Waals surface area (Å²) in [7, 11) is 3.91. The van der Waals surface area contributed by atoms with Crippen molar-refractivity contribution in [2.24, 2.45) is 0 Å². The van der Waals surface area contributed by atoms with Gasteiger partial charge in [0.2, 0.25) is 0 Å². The largest absolute Gasteiger partial charge is 0.354 e. The first-order valence-corrected chi connectivity index (χ1v) is 9.02. The summed E-state index contributed by atoms with van der Waals surface area (Å²) >= 11 is 1.57. The van der Waals surface area contributed by atoms with Gasteiger partial charge in [-0.15, -0.1) is 11.3 Å². The number of carbonyl (C=O) groups is 1. The molecule has 0 aliphatic rings. The highest BCUT2D eigenvalue weighted by atomic mass is 32.1. The maximum Gasteiger partial charge on any atom is 0.252 e. The summed E-state index contributed by atoms with van der Waals surface area (Å²) in [4.78, 5) is 23.8. The number of thiazole rings is 1. The van der Waals surface area contributed by atoms with E-state index < -0.39 is 0 Å². The molecule has 1 amide bonds. The number of carbonyl (C=O) groups excluding carboxylic acids is 1. The van der Waals surface area contributed by atoms with Crippen LogP contribution in [0.4, 0.5) is 5.13 Å². The number of hydrogen-bond acceptors (Lipinski definition) is 5. The minimum atomic E-state index is -0.0989. The van der Waals surface area contributed by atoms with Crippen molar-refractivity contribution < 1.29 is 4.79 Å². The maximum atomic E-state index is 12.7. The van der Waals surface area contributed by atoms with Crippen LogP contribution in [0.2, 0.25) is 0 Å². The van der Waals surface area contributed by atoms with Crippen molar-refractivity contribution in [3.63, 3.8) is 0 Å². The van der Waals surface area contributed by atoms with E-state index in [0.717, 1.165) is 33.0 Å². The van der Waals surface area contributed by atoms with Gasteiger partial charge < -0.3 is 10.2 Å². The molecule has 1 aromatic carbocycles. The minimum absolute atomic E-state index is 0.0989. The molecular formula is C19H22N4OS. The zero-order valence-corrected chi connectivity index (χ0v) is 16.0. The number of amides is 1. The van der Waals surface area contributed by atoms with Gasteiger partial charge in [-0.1, -0.05) is 12.1 Å². The Morgan fingerprint density at radius 2 is 1.96 bits per heavy atom. The zero-order valence-electron chi connectivity index (χ0n) is 15.2. The Morgan fingerprint density at radius 1 is 1.20 bits per heavy atom. The standard InChI is InChI=1S/C19H22N4OS/c1-11-6-7-15-16(8-12(2)21-17(15)13(11)3)18(24)20-9-14-10-25-19(22-14)23(4)5/h6-8,10H,9H2,1-5H3,(H,20,24). The first-order chi connectivity index (χ1) is 11.9. The molecular weight excluding hydrogens is 332 g/mol. The van der Waals surface area contributed by atoms with Crippen LogP contribution in [-0.2, 0) is 6.54 Å². The Hall–Kier alpha value is -2.47. The molecule has 0 aliphatic carbocycles. The molecule has 130 valence electrons. The lowest BCUT2D eigenvalue weighted by Crippen LogP contribution is -2.23. The summed E-state index contributed by atoms with van der Waals surface area (Å²) in [6.07, 6.45) is 0. The molecule has 5 nitrogen and oxygen atoms in total. The molecule has 3 rings (SSSR count). The second-order valence-corrected chi connectivity index (χ2v) is 7.25. The van der Waals surface area contributed by atoms with Crippen LogP contribution in [0.5, 0.6) is 0 Å². The van der Waals surface area contributed by atoms with Crippen LogP contribution in [0.15, 0.2) is 23.6 Å². The molecule has 3 aromatic rings. The number of rotatable bonds is 4. The molecule has 0 saturated heterocycles. The number of nitrogens with zero attached hydrogens (tertiary/aromatic N) is 3. The van der Waals surface area contributed by atoms with Crippen molar-refractivity contribution >= 4 is 33.3 Å². The number of hydrogen-bond donors (Lipinski definition) is 1. The van der Waals surface area contributed by atoms with Gasteiger partial charge in [-0.3, -0.25) is 9.78 Å². The fourth-order valence-electron chi connectivity index (χ4n) is 2.69. The van der Waals surface area contributed by atoms with Gasteiger partial charge in [0.1, 0.15) is 0 Å². The first-order valence-electron chi connectivity index (χ1n) is 8.14. The number of nitrogens with one attached hydrogen (secondary N) is 1. The molecule has 0 unspecified atom stereocenters. The summed E-state index contributed by atoms with van der Waals surface area (Å²) in [5.74, 6) is -0.0989. The van der Waals surface area contributed by atoms with E-state index in [1.54, 1.807) is 11.3 Å². The lowest BCUT2D eigenvalue weighted by Gasteiger charge is -2.11. The van der Waals surface area contributed by atoms with Gasteiger partial charge in [0.25, 0.3) is 5.91 Å². The number of fused-ring (bicyclic) bond motifs is 1. The maximum absolute atomic E-state index is 12.7. The topological polar surface area (TPSA) is 58.1 Å². The van der Waals surface area contributed by atoms with Gasteiger partial charge in [0.05, 0.1) is 23.3 Å². The monoisotopic (exact) mass is 354 g/mol. The number of pyridine rings is 1. The third-order valence-electron chi connectivity index (χ3n) is 4.23. The predicted molar refractivity (Wildman–Crippen MR) is 104 cm³/mol. The normalized spacial score (nSPS) is 10.9. The van der Waals surface area contributed by atoms with E-state index in [1.165, 1.54) is 5.56 Å². The Labute approximate surface area is 151 Å². The highest BCUT2D eigenvalue weighted by Gasteiger charge is 2.14. The second kappa shape index (κ2) is 6.80. The van der Waals surface area contributed by atoms with Crippen molar-refractivity contribution in [3.05, 3.63) is 51.7 Å². The Balaban J connectivity index is 1.87. The van der Waals surface area contributed by atoms with Gasteiger partial charge >= 0.3 is 0 Å². The molecule has 0 saturated carbocycles.